The number of benzene rings is 1. The molecule has 2 aromatic rings. The SMILES string of the molecule is CCn1nc(C(=O)O)c(=O)c2c(F)cccc21. The minimum absolute atomic E-state index is 0.234. The van der Waals surface area contributed by atoms with Gasteiger partial charge in [0.2, 0.25) is 11.1 Å². The van der Waals surface area contributed by atoms with Gasteiger partial charge >= 0.3 is 5.97 Å². The van der Waals surface area contributed by atoms with E-state index in [1.54, 1.807) is 6.92 Å². The summed E-state index contributed by atoms with van der Waals surface area (Å²) in [6.07, 6.45) is 0. The number of aryl methyl sites for hydroxylation is 1. The highest BCUT2D eigenvalue weighted by Gasteiger charge is 2.18. The van der Waals surface area contributed by atoms with Crippen molar-refractivity contribution in [3.05, 3.63) is 39.9 Å². The normalized spacial score (nSPS) is 10.7. The largest absolute Gasteiger partial charge is 0.476 e. The van der Waals surface area contributed by atoms with E-state index in [-0.39, 0.29) is 5.39 Å². The summed E-state index contributed by atoms with van der Waals surface area (Å²) >= 11 is 0. The lowest BCUT2D eigenvalue weighted by molar-refractivity contribution is 0.0686. The third-order valence-electron chi connectivity index (χ3n) is 2.43. The Morgan fingerprint density at radius 1 is 1.53 bits per heavy atom. The summed E-state index contributed by atoms with van der Waals surface area (Å²) in [6.45, 7) is 2.08. The first kappa shape index (κ1) is 11.3. The van der Waals surface area contributed by atoms with Crippen LogP contribution in [0, 0.1) is 5.82 Å². The zero-order valence-corrected chi connectivity index (χ0v) is 8.98. The number of aromatic carboxylic acids is 1. The van der Waals surface area contributed by atoms with Gasteiger partial charge in [0, 0.05) is 6.54 Å². The van der Waals surface area contributed by atoms with Crippen LogP contribution in [-0.4, -0.2) is 20.9 Å². The zero-order chi connectivity index (χ0) is 12.6. The number of hydrogen-bond donors (Lipinski definition) is 1. The topological polar surface area (TPSA) is 72.2 Å². The molecule has 88 valence electrons. The van der Waals surface area contributed by atoms with Gasteiger partial charge < -0.3 is 5.11 Å². The van der Waals surface area contributed by atoms with Crippen LogP contribution in [0.1, 0.15) is 17.4 Å². The maximum Gasteiger partial charge on any atom is 0.360 e. The van der Waals surface area contributed by atoms with Gasteiger partial charge in [0.25, 0.3) is 0 Å². The highest BCUT2D eigenvalue weighted by atomic mass is 19.1. The summed E-state index contributed by atoms with van der Waals surface area (Å²) in [4.78, 5) is 22.6. The highest BCUT2D eigenvalue weighted by molar-refractivity contribution is 5.90. The smallest absolute Gasteiger partial charge is 0.360 e. The lowest BCUT2D eigenvalue weighted by Gasteiger charge is -2.08. The molecule has 5 nitrogen and oxygen atoms in total. The molecule has 0 spiro atoms. The van der Waals surface area contributed by atoms with Gasteiger partial charge in [-0.05, 0) is 19.1 Å². The maximum atomic E-state index is 13.6. The van der Waals surface area contributed by atoms with Crippen molar-refractivity contribution in [2.45, 2.75) is 13.5 Å². The second-order valence-electron chi connectivity index (χ2n) is 3.43. The minimum Gasteiger partial charge on any atom is -0.476 e. The quantitative estimate of drug-likeness (QED) is 0.851. The predicted octanol–water partition coefficient (Wildman–Crippen LogP) is 1.25. The monoisotopic (exact) mass is 236 g/mol. The van der Waals surface area contributed by atoms with Crippen LogP contribution in [0.4, 0.5) is 4.39 Å². The molecule has 6 heteroatoms. The van der Waals surface area contributed by atoms with Gasteiger partial charge in [-0.3, -0.25) is 9.48 Å². The van der Waals surface area contributed by atoms with Crippen LogP contribution in [0.3, 0.4) is 0 Å². The van der Waals surface area contributed by atoms with Gasteiger partial charge in [0.15, 0.2) is 0 Å². The fraction of sp³-hybridized carbons (Fsp3) is 0.182. The average molecular weight is 236 g/mol. The molecule has 1 aromatic carbocycles. The standard InChI is InChI=1S/C11H9FN2O3/c1-2-14-7-5-3-4-6(12)8(7)10(15)9(13-14)11(16)17/h3-5H,2H2,1H3,(H,16,17). The Labute approximate surface area is 95.1 Å². The Balaban J connectivity index is 3.02. The summed E-state index contributed by atoms with van der Waals surface area (Å²) < 4.78 is 14.9. The number of rotatable bonds is 2. The first-order valence-electron chi connectivity index (χ1n) is 4.99. The number of halogens is 1. The Morgan fingerprint density at radius 3 is 2.82 bits per heavy atom. The predicted molar refractivity (Wildman–Crippen MR) is 58.6 cm³/mol. The average Bonchev–Trinajstić information content (AvgIpc) is 2.29. The lowest BCUT2D eigenvalue weighted by atomic mass is 10.2. The van der Waals surface area contributed by atoms with Crippen LogP contribution in [0.25, 0.3) is 10.9 Å². The van der Waals surface area contributed by atoms with Crippen molar-refractivity contribution in [3.63, 3.8) is 0 Å². The van der Waals surface area contributed by atoms with Crippen molar-refractivity contribution >= 4 is 16.9 Å². The number of nitrogens with zero attached hydrogens (tertiary/aromatic N) is 2. The molecule has 0 aliphatic heterocycles. The molecular formula is C11H9FN2O3. The molecule has 1 aromatic heterocycles. The molecule has 0 saturated carbocycles. The molecule has 0 amide bonds. The first-order chi connectivity index (χ1) is 8.06. The summed E-state index contributed by atoms with van der Waals surface area (Å²) in [5.74, 6) is -2.19. The van der Waals surface area contributed by atoms with E-state index in [0.29, 0.717) is 12.1 Å². The van der Waals surface area contributed by atoms with Gasteiger partial charge in [-0.15, -0.1) is 0 Å². The van der Waals surface area contributed by atoms with Crippen LogP contribution in [0.5, 0.6) is 0 Å². The Bertz CT molecular complexity index is 664. The maximum absolute atomic E-state index is 13.6. The van der Waals surface area contributed by atoms with Crippen LogP contribution in [0.2, 0.25) is 0 Å². The highest BCUT2D eigenvalue weighted by Crippen LogP contribution is 2.13. The van der Waals surface area contributed by atoms with E-state index in [4.69, 9.17) is 5.11 Å². The van der Waals surface area contributed by atoms with E-state index in [1.165, 1.54) is 16.8 Å². The molecule has 1 N–H and O–H groups in total. The van der Waals surface area contributed by atoms with Gasteiger partial charge in [-0.2, -0.15) is 5.10 Å². The third kappa shape index (κ3) is 1.67. The molecule has 0 saturated heterocycles. The molecule has 0 bridgehead atoms. The molecule has 0 aliphatic carbocycles. The molecule has 2 rings (SSSR count). The number of hydrogen-bond acceptors (Lipinski definition) is 3. The van der Waals surface area contributed by atoms with Gasteiger partial charge in [0.1, 0.15) is 5.82 Å². The zero-order valence-electron chi connectivity index (χ0n) is 8.98. The fourth-order valence-corrected chi connectivity index (χ4v) is 1.67. The number of carboxylic acids is 1. The van der Waals surface area contributed by atoms with Gasteiger partial charge in [0.05, 0.1) is 10.9 Å². The number of aromatic nitrogens is 2. The van der Waals surface area contributed by atoms with Crippen molar-refractivity contribution in [1.82, 2.24) is 9.78 Å². The minimum atomic E-state index is -1.46. The molecule has 0 unspecified atom stereocenters. The molecule has 1 heterocycles. The molecule has 0 aliphatic rings. The molecule has 0 fully saturated rings. The number of fused-ring (bicyclic) bond motifs is 1. The van der Waals surface area contributed by atoms with Crippen LogP contribution in [0.15, 0.2) is 23.0 Å². The van der Waals surface area contributed by atoms with Gasteiger partial charge in [-0.1, -0.05) is 6.07 Å². The van der Waals surface area contributed by atoms with Crippen molar-refractivity contribution in [2.24, 2.45) is 0 Å². The Hall–Kier alpha value is -2.24. The van der Waals surface area contributed by atoms with E-state index in [9.17, 15) is 14.0 Å². The van der Waals surface area contributed by atoms with Crippen molar-refractivity contribution in [1.29, 1.82) is 0 Å². The summed E-state index contributed by atoms with van der Waals surface area (Å²) in [7, 11) is 0. The van der Waals surface area contributed by atoms with E-state index in [1.807, 2.05) is 0 Å². The van der Waals surface area contributed by atoms with Crippen LogP contribution in [-0.2, 0) is 6.54 Å². The Kier molecular flexibility index (Phi) is 2.63. The number of carboxylic acid groups (broad SMARTS) is 1. The Morgan fingerprint density at radius 2 is 2.24 bits per heavy atom. The van der Waals surface area contributed by atoms with Crippen molar-refractivity contribution < 1.29 is 14.3 Å². The van der Waals surface area contributed by atoms with Crippen LogP contribution >= 0.6 is 0 Å². The molecule has 0 radical (unpaired) electrons. The first-order valence-corrected chi connectivity index (χ1v) is 4.99. The summed E-state index contributed by atoms with van der Waals surface area (Å²) in [6, 6.07) is 4.10. The molecule has 17 heavy (non-hydrogen) atoms. The van der Waals surface area contributed by atoms with E-state index < -0.39 is 22.9 Å². The number of carbonyl (C=O) groups is 1. The van der Waals surface area contributed by atoms with Gasteiger partial charge in [-0.25, -0.2) is 9.18 Å². The summed E-state index contributed by atoms with van der Waals surface area (Å²) in [5, 5.41) is 12.3. The molecule has 0 atom stereocenters. The third-order valence-corrected chi connectivity index (χ3v) is 2.43. The van der Waals surface area contributed by atoms with Crippen molar-refractivity contribution in [2.75, 3.05) is 0 Å². The van der Waals surface area contributed by atoms with E-state index >= 15 is 0 Å². The second kappa shape index (κ2) is 3.97. The summed E-state index contributed by atoms with van der Waals surface area (Å²) in [5.41, 5.74) is -1.26. The fourth-order valence-electron chi connectivity index (χ4n) is 1.67. The van der Waals surface area contributed by atoms with E-state index in [2.05, 4.69) is 5.10 Å². The van der Waals surface area contributed by atoms with Crippen molar-refractivity contribution in [3.8, 4) is 0 Å². The second-order valence-corrected chi connectivity index (χ2v) is 3.43. The molecular weight excluding hydrogens is 227 g/mol. The van der Waals surface area contributed by atoms with E-state index in [0.717, 1.165) is 6.07 Å². The lowest BCUT2D eigenvalue weighted by Crippen LogP contribution is -2.23. The van der Waals surface area contributed by atoms with Crippen LogP contribution < -0.4 is 5.43 Å².